The van der Waals surface area contributed by atoms with Gasteiger partial charge in [-0.05, 0) is 42.9 Å². The van der Waals surface area contributed by atoms with E-state index < -0.39 is 0 Å². The van der Waals surface area contributed by atoms with E-state index in [-0.39, 0.29) is 36.2 Å². The number of imide groups is 1. The summed E-state index contributed by atoms with van der Waals surface area (Å²) in [6.45, 7) is 0.718. The third kappa shape index (κ3) is 1.91. The summed E-state index contributed by atoms with van der Waals surface area (Å²) in [7, 11) is 0. The van der Waals surface area contributed by atoms with Gasteiger partial charge in [-0.3, -0.25) is 14.5 Å². The molecular weight excluding hydrogens is 266 g/mol. The van der Waals surface area contributed by atoms with Crippen molar-refractivity contribution in [3.8, 4) is 0 Å². The van der Waals surface area contributed by atoms with E-state index in [9.17, 15) is 14.7 Å². The molecule has 0 aromatic carbocycles. The molecule has 6 atom stereocenters. The van der Waals surface area contributed by atoms with Crippen molar-refractivity contribution in [2.45, 2.75) is 32.1 Å². The van der Waals surface area contributed by atoms with Gasteiger partial charge in [-0.1, -0.05) is 25.0 Å². The summed E-state index contributed by atoms with van der Waals surface area (Å²) in [4.78, 5) is 26.9. The Morgan fingerprint density at radius 1 is 1.00 bits per heavy atom. The number of amides is 2. The summed E-state index contributed by atoms with van der Waals surface area (Å²) in [6.07, 6.45) is 9.62. The fourth-order valence-corrected chi connectivity index (χ4v) is 5.14. The van der Waals surface area contributed by atoms with Crippen LogP contribution in [0.1, 0.15) is 32.1 Å². The largest absolute Gasteiger partial charge is 0.396 e. The maximum absolute atomic E-state index is 12.7. The van der Waals surface area contributed by atoms with E-state index in [1.165, 1.54) is 0 Å². The van der Waals surface area contributed by atoms with Gasteiger partial charge in [-0.25, -0.2) is 0 Å². The lowest BCUT2D eigenvalue weighted by Crippen LogP contribution is -2.40. The Labute approximate surface area is 125 Å². The van der Waals surface area contributed by atoms with E-state index in [2.05, 4.69) is 12.2 Å². The second-order valence-electron chi connectivity index (χ2n) is 7.27. The molecule has 114 valence electrons. The van der Waals surface area contributed by atoms with Crippen LogP contribution in [0, 0.1) is 35.5 Å². The van der Waals surface area contributed by atoms with Crippen molar-refractivity contribution in [2.75, 3.05) is 13.2 Å². The molecule has 3 aliphatic carbocycles. The summed E-state index contributed by atoms with van der Waals surface area (Å²) in [5.74, 6) is 1.10. The highest BCUT2D eigenvalue weighted by molar-refractivity contribution is 6.06. The first kappa shape index (κ1) is 13.5. The molecule has 4 aliphatic rings. The molecule has 4 heteroatoms. The third-order valence-electron chi connectivity index (χ3n) is 6.28. The first-order valence-electron chi connectivity index (χ1n) is 8.35. The minimum Gasteiger partial charge on any atom is -0.396 e. The van der Waals surface area contributed by atoms with Crippen LogP contribution in [-0.2, 0) is 9.59 Å². The number of allylic oxidation sites excluding steroid dienone is 2. The van der Waals surface area contributed by atoms with Gasteiger partial charge in [0, 0.05) is 13.2 Å². The number of aliphatic hydroxyl groups is 1. The van der Waals surface area contributed by atoms with Crippen molar-refractivity contribution in [1.82, 2.24) is 4.90 Å². The SMILES string of the molecule is O=C1C2C3C=CC(C3)C2C(=O)N1CC1CCCCC1CO. The first-order chi connectivity index (χ1) is 10.2. The Hall–Kier alpha value is -1.16. The summed E-state index contributed by atoms with van der Waals surface area (Å²) >= 11 is 0. The highest BCUT2D eigenvalue weighted by Gasteiger charge is 2.59. The van der Waals surface area contributed by atoms with E-state index in [0.717, 1.165) is 32.1 Å². The van der Waals surface area contributed by atoms with Gasteiger partial charge in [-0.2, -0.15) is 0 Å². The average molecular weight is 289 g/mol. The van der Waals surface area contributed by atoms with Crippen LogP contribution in [0.25, 0.3) is 0 Å². The molecule has 1 N–H and O–H groups in total. The molecule has 6 unspecified atom stereocenters. The summed E-state index contributed by atoms with van der Waals surface area (Å²) in [5, 5.41) is 9.52. The fraction of sp³-hybridized carbons (Fsp3) is 0.765. The standard InChI is InChI=1S/C17H23NO3/c19-9-13-4-2-1-3-12(13)8-18-16(20)14-10-5-6-11(7-10)15(14)17(18)21/h5-6,10-15,19H,1-4,7-9H2. The van der Waals surface area contributed by atoms with Crippen molar-refractivity contribution in [3.05, 3.63) is 12.2 Å². The highest BCUT2D eigenvalue weighted by Crippen LogP contribution is 2.52. The van der Waals surface area contributed by atoms with Crippen molar-refractivity contribution < 1.29 is 14.7 Å². The predicted molar refractivity (Wildman–Crippen MR) is 77.0 cm³/mol. The summed E-state index contributed by atoms with van der Waals surface area (Å²) < 4.78 is 0. The second-order valence-corrected chi connectivity index (χ2v) is 7.27. The number of hydrogen-bond acceptors (Lipinski definition) is 3. The van der Waals surface area contributed by atoms with Gasteiger partial charge in [0.1, 0.15) is 0 Å². The van der Waals surface area contributed by atoms with Gasteiger partial charge in [0.2, 0.25) is 11.8 Å². The van der Waals surface area contributed by atoms with Gasteiger partial charge in [0.25, 0.3) is 0 Å². The maximum atomic E-state index is 12.7. The molecule has 1 aliphatic heterocycles. The van der Waals surface area contributed by atoms with Crippen LogP contribution in [0.5, 0.6) is 0 Å². The van der Waals surface area contributed by atoms with E-state index in [1.54, 1.807) is 4.90 Å². The maximum Gasteiger partial charge on any atom is 0.233 e. The molecule has 1 saturated heterocycles. The van der Waals surface area contributed by atoms with Gasteiger partial charge in [0.05, 0.1) is 11.8 Å². The smallest absolute Gasteiger partial charge is 0.233 e. The molecular formula is C17H23NO3. The van der Waals surface area contributed by atoms with E-state index in [4.69, 9.17) is 0 Å². The number of aliphatic hydroxyl groups excluding tert-OH is 1. The predicted octanol–water partition coefficient (Wildman–Crippen LogP) is 1.59. The molecule has 1 heterocycles. The number of carbonyl (C=O) groups excluding carboxylic acids is 2. The van der Waals surface area contributed by atoms with E-state index >= 15 is 0 Å². The van der Waals surface area contributed by atoms with Gasteiger partial charge in [-0.15, -0.1) is 0 Å². The zero-order valence-corrected chi connectivity index (χ0v) is 12.3. The molecule has 2 bridgehead atoms. The third-order valence-corrected chi connectivity index (χ3v) is 6.28. The highest BCUT2D eigenvalue weighted by atomic mass is 16.3. The topological polar surface area (TPSA) is 57.6 Å². The van der Waals surface area contributed by atoms with Crippen LogP contribution < -0.4 is 0 Å². The molecule has 3 fully saturated rings. The average Bonchev–Trinajstić information content (AvgIpc) is 3.17. The second kappa shape index (κ2) is 4.94. The lowest BCUT2D eigenvalue weighted by Gasteiger charge is -2.33. The lowest BCUT2D eigenvalue weighted by molar-refractivity contribution is -0.142. The molecule has 0 aromatic heterocycles. The monoisotopic (exact) mass is 289 g/mol. The van der Waals surface area contributed by atoms with Crippen molar-refractivity contribution in [2.24, 2.45) is 35.5 Å². The van der Waals surface area contributed by atoms with Crippen LogP contribution in [0.3, 0.4) is 0 Å². The molecule has 4 nitrogen and oxygen atoms in total. The zero-order valence-electron chi connectivity index (χ0n) is 12.3. The summed E-state index contributed by atoms with van der Waals surface area (Å²) in [6, 6.07) is 0. The fourth-order valence-electron chi connectivity index (χ4n) is 5.14. The number of hydrogen-bond donors (Lipinski definition) is 1. The van der Waals surface area contributed by atoms with Crippen LogP contribution >= 0.6 is 0 Å². The Bertz CT molecular complexity index is 470. The Morgan fingerprint density at radius 3 is 2.14 bits per heavy atom. The van der Waals surface area contributed by atoms with Gasteiger partial charge in [0.15, 0.2) is 0 Å². The minimum absolute atomic E-state index is 0.0594. The number of likely N-dealkylation sites (tertiary alicyclic amines) is 1. The van der Waals surface area contributed by atoms with Crippen molar-refractivity contribution >= 4 is 11.8 Å². The molecule has 2 saturated carbocycles. The lowest BCUT2D eigenvalue weighted by atomic mass is 9.79. The Kier molecular flexibility index (Phi) is 3.18. The van der Waals surface area contributed by atoms with E-state index in [0.29, 0.717) is 24.3 Å². The van der Waals surface area contributed by atoms with Gasteiger partial charge < -0.3 is 5.11 Å². The molecule has 21 heavy (non-hydrogen) atoms. The molecule has 0 spiro atoms. The number of rotatable bonds is 3. The molecule has 2 amide bonds. The normalized spacial score (nSPS) is 44.7. The van der Waals surface area contributed by atoms with Crippen LogP contribution in [-0.4, -0.2) is 35.0 Å². The van der Waals surface area contributed by atoms with Crippen LogP contribution in [0.15, 0.2) is 12.2 Å². The molecule has 0 radical (unpaired) electrons. The molecule has 4 rings (SSSR count). The number of nitrogens with zero attached hydrogens (tertiary/aromatic N) is 1. The van der Waals surface area contributed by atoms with Crippen LogP contribution in [0.4, 0.5) is 0 Å². The Morgan fingerprint density at radius 2 is 1.57 bits per heavy atom. The van der Waals surface area contributed by atoms with Gasteiger partial charge >= 0.3 is 0 Å². The minimum atomic E-state index is -0.0799. The summed E-state index contributed by atoms with van der Waals surface area (Å²) in [5.41, 5.74) is 0. The first-order valence-corrected chi connectivity index (χ1v) is 8.35. The Balaban J connectivity index is 1.51. The van der Waals surface area contributed by atoms with Crippen LogP contribution in [0.2, 0.25) is 0 Å². The number of carbonyl (C=O) groups is 2. The zero-order chi connectivity index (χ0) is 14.6. The van der Waals surface area contributed by atoms with Crippen molar-refractivity contribution in [1.29, 1.82) is 0 Å². The number of fused-ring (bicyclic) bond motifs is 5. The van der Waals surface area contributed by atoms with E-state index in [1.807, 2.05) is 0 Å². The molecule has 0 aromatic rings. The quantitative estimate of drug-likeness (QED) is 0.634. The van der Waals surface area contributed by atoms with Crippen molar-refractivity contribution in [3.63, 3.8) is 0 Å².